The standard InChI is InChI=1S/C13H17NO2/c1-10-5-4-6-11(9-10)12(13(15)16)14-7-2-3-8-14/h4-6,9,12H,2-3,7-8H2,1H3,(H,15,16). The molecule has 0 bridgehead atoms. The molecule has 0 spiro atoms. The first-order valence-corrected chi connectivity index (χ1v) is 5.72. The molecule has 1 aliphatic rings. The van der Waals surface area contributed by atoms with Crippen LogP contribution in [0.2, 0.25) is 0 Å². The molecule has 0 radical (unpaired) electrons. The number of nitrogens with zero attached hydrogens (tertiary/aromatic N) is 1. The third-order valence-corrected chi connectivity index (χ3v) is 3.10. The Bertz CT molecular complexity index is 383. The van der Waals surface area contributed by atoms with Crippen molar-refractivity contribution in [2.24, 2.45) is 0 Å². The Kier molecular flexibility index (Phi) is 3.25. The fraction of sp³-hybridized carbons (Fsp3) is 0.462. The van der Waals surface area contributed by atoms with Crippen LogP contribution in [0, 0.1) is 6.92 Å². The van der Waals surface area contributed by atoms with Gasteiger partial charge in [-0.25, -0.2) is 0 Å². The molecule has 3 nitrogen and oxygen atoms in total. The lowest BCUT2D eigenvalue weighted by Gasteiger charge is -2.24. The van der Waals surface area contributed by atoms with Gasteiger partial charge in [0.25, 0.3) is 0 Å². The largest absolute Gasteiger partial charge is 0.480 e. The Labute approximate surface area is 95.7 Å². The molecular weight excluding hydrogens is 202 g/mol. The predicted molar refractivity (Wildman–Crippen MR) is 62.4 cm³/mol. The molecule has 1 heterocycles. The monoisotopic (exact) mass is 219 g/mol. The van der Waals surface area contributed by atoms with E-state index in [1.807, 2.05) is 31.2 Å². The van der Waals surface area contributed by atoms with Crippen molar-refractivity contribution in [3.63, 3.8) is 0 Å². The molecule has 1 aromatic carbocycles. The molecule has 0 aromatic heterocycles. The van der Waals surface area contributed by atoms with Gasteiger partial charge in [-0.1, -0.05) is 29.8 Å². The van der Waals surface area contributed by atoms with Gasteiger partial charge in [-0.15, -0.1) is 0 Å². The van der Waals surface area contributed by atoms with Gasteiger partial charge in [-0.05, 0) is 38.4 Å². The molecule has 2 rings (SSSR count). The summed E-state index contributed by atoms with van der Waals surface area (Å²) in [7, 11) is 0. The van der Waals surface area contributed by atoms with Gasteiger partial charge >= 0.3 is 5.97 Å². The highest BCUT2D eigenvalue weighted by atomic mass is 16.4. The number of carboxylic acids is 1. The Balaban J connectivity index is 2.28. The number of rotatable bonds is 3. The lowest BCUT2D eigenvalue weighted by Crippen LogP contribution is -2.31. The number of aryl methyl sites for hydroxylation is 1. The van der Waals surface area contributed by atoms with Crippen LogP contribution in [0.3, 0.4) is 0 Å². The molecule has 1 N–H and O–H groups in total. The van der Waals surface area contributed by atoms with E-state index in [0.29, 0.717) is 0 Å². The van der Waals surface area contributed by atoms with Crippen LogP contribution >= 0.6 is 0 Å². The molecular formula is C13H17NO2. The average Bonchev–Trinajstić information content (AvgIpc) is 2.71. The fourth-order valence-electron chi connectivity index (χ4n) is 2.35. The van der Waals surface area contributed by atoms with Crippen molar-refractivity contribution in [2.45, 2.75) is 25.8 Å². The molecule has 0 amide bonds. The van der Waals surface area contributed by atoms with Gasteiger partial charge in [0, 0.05) is 0 Å². The van der Waals surface area contributed by atoms with Crippen molar-refractivity contribution in [1.29, 1.82) is 0 Å². The van der Waals surface area contributed by atoms with Crippen molar-refractivity contribution in [2.75, 3.05) is 13.1 Å². The van der Waals surface area contributed by atoms with Crippen LogP contribution in [0.5, 0.6) is 0 Å². The van der Waals surface area contributed by atoms with Crippen molar-refractivity contribution >= 4 is 5.97 Å². The number of aliphatic carboxylic acids is 1. The maximum atomic E-state index is 11.4. The first-order valence-electron chi connectivity index (χ1n) is 5.72. The number of benzene rings is 1. The van der Waals surface area contributed by atoms with E-state index in [2.05, 4.69) is 4.90 Å². The molecule has 1 saturated heterocycles. The number of carbonyl (C=O) groups is 1. The van der Waals surface area contributed by atoms with Crippen molar-refractivity contribution in [3.05, 3.63) is 35.4 Å². The maximum absolute atomic E-state index is 11.4. The lowest BCUT2D eigenvalue weighted by atomic mass is 10.0. The van der Waals surface area contributed by atoms with E-state index in [0.717, 1.165) is 37.1 Å². The highest BCUT2D eigenvalue weighted by Gasteiger charge is 2.29. The van der Waals surface area contributed by atoms with Crippen LogP contribution in [-0.2, 0) is 4.79 Å². The van der Waals surface area contributed by atoms with E-state index in [4.69, 9.17) is 0 Å². The molecule has 0 aliphatic carbocycles. The zero-order valence-corrected chi connectivity index (χ0v) is 9.52. The molecule has 86 valence electrons. The summed E-state index contributed by atoms with van der Waals surface area (Å²) in [5.41, 5.74) is 2.01. The van der Waals surface area contributed by atoms with E-state index in [-0.39, 0.29) is 0 Å². The average molecular weight is 219 g/mol. The fourth-order valence-corrected chi connectivity index (χ4v) is 2.35. The van der Waals surface area contributed by atoms with Gasteiger partial charge in [-0.3, -0.25) is 9.69 Å². The third-order valence-electron chi connectivity index (χ3n) is 3.10. The van der Waals surface area contributed by atoms with Gasteiger partial charge in [0.15, 0.2) is 0 Å². The highest BCUT2D eigenvalue weighted by Crippen LogP contribution is 2.25. The molecule has 1 unspecified atom stereocenters. The quantitative estimate of drug-likeness (QED) is 0.847. The smallest absolute Gasteiger partial charge is 0.325 e. The summed E-state index contributed by atoms with van der Waals surface area (Å²) >= 11 is 0. The second kappa shape index (κ2) is 4.66. The minimum Gasteiger partial charge on any atom is -0.480 e. The number of hydrogen-bond donors (Lipinski definition) is 1. The summed E-state index contributed by atoms with van der Waals surface area (Å²) in [5, 5.41) is 9.34. The zero-order chi connectivity index (χ0) is 11.5. The van der Waals surface area contributed by atoms with Gasteiger partial charge in [0.05, 0.1) is 0 Å². The van der Waals surface area contributed by atoms with Crippen molar-refractivity contribution in [1.82, 2.24) is 4.90 Å². The van der Waals surface area contributed by atoms with Gasteiger partial charge < -0.3 is 5.11 Å². The topological polar surface area (TPSA) is 40.5 Å². The van der Waals surface area contributed by atoms with Crippen molar-refractivity contribution < 1.29 is 9.90 Å². The number of carboxylic acid groups (broad SMARTS) is 1. The first-order chi connectivity index (χ1) is 7.68. The van der Waals surface area contributed by atoms with Crippen LogP contribution in [0.4, 0.5) is 0 Å². The Morgan fingerprint density at radius 2 is 2.06 bits per heavy atom. The summed E-state index contributed by atoms with van der Waals surface area (Å²) in [6.45, 7) is 3.78. The molecule has 3 heteroatoms. The Hall–Kier alpha value is -1.35. The SMILES string of the molecule is Cc1cccc(C(C(=O)O)N2CCCC2)c1. The van der Waals surface area contributed by atoms with Crippen LogP contribution < -0.4 is 0 Å². The number of hydrogen-bond acceptors (Lipinski definition) is 2. The molecule has 0 saturated carbocycles. The lowest BCUT2D eigenvalue weighted by molar-refractivity contribution is -0.143. The maximum Gasteiger partial charge on any atom is 0.325 e. The summed E-state index contributed by atoms with van der Waals surface area (Å²) < 4.78 is 0. The summed E-state index contributed by atoms with van der Waals surface area (Å²) in [6.07, 6.45) is 2.21. The molecule has 1 aromatic rings. The predicted octanol–water partition coefficient (Wildman–Crippen LogP) is 2.22. The van der Waals surface area contributed by atoms with E-state index >= 15 is 0 Å². The molecule has 1 aliphatic heterocycles. The van der Waals surface area contributed by atoms with Crippen LogP contribution in [0.15, 0.2) is 24.3 Å². The zero-order valence-electron chi connectivity index (χ0n) is 9.52. The van der Waals surface area contributed by atoms with Crippen LogP contribution in [0.1, 0.15) is 30.0 Å². The second-order valence-corrected chi connectivity index (χ2v) is 4.40. The summed E-state index contributed by atoms with van der Waals surface area (Å²) in [4.78, 5) is 13.4. The minimum atomic E-state index is -0.743. The van der Waals surface area contributed by atoms with E-state index < -0.39 is 12.0 Å². The van der Waals surface area contributed by atoms with Gasteiger partial charge in [0.2, 0.25) is 0 Å². The molecule has 16 heavy (non-hydrogen) atoms. The van der Waals surface area contributed by atoms with E-state index in [9.17, 15) is 9.90 Å². The Morgan fingerprint density at radius 1 is 1.38 bits per heavy atom. The third kappa shape index (κ3) is 2.25. The van der Waals surface area contributed by atoms with Crippen molar-refractivity contribution in [3.8, 4) is 0 Å². The normalized spacial score (nSPS) is 18.6. The second-order valence-electron chi connectivity index (χ2n) is 4.40. The van der Waals surface area contributed by atoms with Crippen LogP contribution in [0.25, 0.3) is 0 Å². The first kappa shape index (κ1) is 11.1. The highest BCUT2D eigenvalue weighted by molar-refractivity contribution is 5.75. The molecule has 1 atom stereocenters. The van der Waals surface area contributed by atoms with Gasteiger partial charge in [0.1, 0.15) is 6.04 Å². The Morgan fingerprint density at radius 3 is 2.62 bits per heavy atom. The van der Waals surface area contributed by atoms with E-state index in [1.165, 1.54) is 0 Å². The van der Waals surface area contributed by atoms with E-state index in [1.54, 1.807) is 0 Å². The summed E-state index contributed by atoms with van der Waals surface area (Å²) in [5.74, 6) is -0.743. The minimum absolute atomic E-state index is 0.470. The van der Waals surface area contributed by atoms with Gasteiger partial charge in [-0.2, -0.15) is 0 Å². The molecule has 1 fully saturated rings. The van der Waals surface area contributed by atoms with Crippen LogP contribution in [-0.4, -0.2) is 29.1 Å². The summed E-state index contributed by atoms with van der Waals surface area (Å²) in [6, 6.07) is 7.33. The number of likely N-dealkylation sites (tertiary alicyclic amines) is 1.